The van der Waals surface area contributed by atoms with E-state index in [0.29, 0.717) is 17.3 Å². The molecule has 0 aliphatic carbocycles. The van der Waals surface area contributed by atoms with Gasteiger partial charge >= 0.3 is 0 Å². The fourth-order valence-electron chi connectivity index (χ4n) is 2.68. The molecular weight excluding hydrogens is 360 g/mol. The number of thiophene rings is 1. The third-order valence-corrected chi connectivity index (χ3v) is 7.81. The molecule has 1 aliphatic heterocycles. The first-order chi connectivity index (χ1) is 9.41. The second-order valence-corrected chi connectivity index (χ2v) is 9.48. The topological polar surface area (TPSA) is 42.3 Å². The molecule has 1 atom stereocenters. The summed E-state index contributed by atoms with van der Waals surface area (Å²) in [5, 5.41) is 0. The summed E-state index contributed by atoms with van der Waals surface area (Å²) in [6.45, 7) is 5.23. The van der Waals surface area contributed by atoms with Gasteiger partial charge in [0, 0.05) is 24.5 Å². The monoisotopic (exact) mass is 374 g/mol. The third kappa shape index (κ3) is 2.16. The van der Waals surface area contributed by atoms with Gasteiger partial charge in [0.2, 0.25) is 0 Å². The maximum Gasteiger partial charge on any atom is 0.253 e. The lowest BCUT2D eigenvalue weighted by atomic mass is 10.2. The molecule has 3 rings (SSSR count). The first kappa shape index (κ1) is 14.3. The van der Waals surface area contributed by atoms with Crippen LogP contribution in [0.5, 0.6) is 0 Å². The third-order valence-electron chi connectivity index (χ3n) is 3.75. The van der Waals surface area contributed by atoms with Crippen LogP contribution in [0.25, 0.3) is 0 Å². The van der Waals surface area contributed by atoms with Gasteiger partial charge in [-0.2, -0.15) is 4.31 Å². The van der Waals surface area contributed by atoms with Gasteiger partial charge in [0.25, 0.3) is 10.0 Å². The minimum atomic E-state index is -3.42. The van der Waals surface area contributed by atoms with Gasteiger partial charge in [-0.1, -0.05) is 0 Å². The molecule has 0 spiro atoms. The zero-order valence-corrected chi connectivity index (χ0v) is 14.4. The van der Waals surface area contributed by atoms with E-state index in [2.05, 4.69) is 27.4 Å². The Hall–Kier alpha value is -0.630. The van der Waals surface area contributed by atoms with Crippen molar-refractivity contribution in [1.29, 1.82) is 0 Å². The number of rotatable bonds is 2. The molecule has 0 radical (unpaired) electrons. The van der Waals surface area contributed by atoms with Crippen molar-refractivity contribution < 1.29 is 8.42 Å². The van der Waals surface area contributed by atoms with E-state index < -0.39 is 10.0 Å². The minimum absolute atomic E-state index is 0.136. The summed E-state index contributed by atoms with van der Waals surface area (Å²) in [5.41, 5.74) is 2.25. The Balaban J connectivity index is 2.00. The number of hydrogen-bond acceptors (Lipinski definition) is 3. The van der Waals surface area contributed by atoms with E-state index in [1.807, 2.05) is 19.1 Å². The van der Waals surface area contributed by atoms with E-state index in [9.17, 15) is 8.42 Å². The van der Waals surface area contributed by atoms with Gasteiger partial charge in [-0.25, -0.2) is 8.42 Å². The van der Waals surface area contributed by atoms with Crippen LogP contribution in [0.3, 0.4) is 0 Å². The minimum Gasteiger partial charge on any atom is -0.346 e. The van der Waals surface area contributed by atoms with Gasteiger partial charge in [-0.15, -0.1) is 11.3 Å². The zero-order valence-electron chi connectivity index (χ0n) is 11.2. The van der Waals surface area contributed by atoms with E-state index >= 15 is 0 Å². The molecule has 20 heavy (non-hydrogen) atoms. The van der Waals surface area contributed by atoms with Crippen LogP contribution in [0.2, 0.25) is 0 Å². The number of hydrogen-bond donors (Lipinski definition) is 0. The van der Waals surface area contributed by atoms with Crippen molar-refractivity contribution in [2.24, 2.45) is 0 Å². The predicted molar refractivity (Wildman–Crippen MR) is 83.5 cm³/mol. The van der Waals surface area contributed by atoms with E-state index in [1.54, 1.807) is 16.4 Å². The van der Waals surface area contributed by atoms with Crippen molar-refractivity contribution >= 4 is 37.3 Å². The number of aromatic nitrogens is 1. The molecule has 2 aromatic heterocycles. The van der Waals surface area contributed by atoms with Crippen LogP contribution >= 0.6 is 27.3 Å². The molecule has 0 N–H and O–H groups in total. The Bertz CT molecular complexity index is 748. The normalized spacial score (nSPS) is 20.1. The van der Waals surface area contributed by atoms with Crippen LogP contribution in [0.4, 0.5) is 0 Å². The lowest BCUT2D eigenvalue weighted by Gasteiger charge is -2.34. The lowest BCUT2D eigenvalue weighted by molar-refractivity contribution is 0.281. The van der Waals surface area contributed by atoms with Crippen molar-refractivity contribution in [3.8, 4) is 0 Å². The Labute approximate surface area is 131 Å². The molecule has 0 saturated heterocycles. The fourth-order valence-corrected chi connectivity index (χ4v) is 6.42. The molecule has 108 valence electrons. The van der Waals surface area contributed by atoms with Crippen LogP contribution in [0, 0.1) is 6.92 Å². The van der Waals surface area contributed by atoms with Gasteiger partial charge in [0.05, 0.1) is 9.83 Å². The molecule has 4 nitrogen and oxygen atoms in total. The standard InChI is InChI=1S/C13H15BrN2O2S2/c1-9-3-4-11-10(2)16(8-7-15(9)11)20(17,18)13-6-5-12(14)19-13/h3-6,10H,7-8H2,1-2H3/t10-/m1/s1. The maximum atomic E-state index is 12.7. The largest absolute Gasteiger partial charge is 0.346 e. The molecule has 0 bridgehead atoms. The van der Waals surface area contributed by atoms with Gasteiger partial charge < -0.3 is 4.57 Å². The van der Waals surface area contributed by atoms with Crippen molar-refractivity contribution in [3.05, 3.63) is 39.4 Å². The van der Waals surface area contributed by atoms with E-state index in [4.69, 9.17) is 0 Å². The summed E-state index contributed by atoms with van der Waals surface area (Å²) in [7, 11) is -3.42. The van der Waals surface area contributed by atoms with Gasteiger partial charge in [0.15, 0.2) is 0 Å². The summed E-state index contributed by atoms with van der Waals surface area (Å²) in [4.78, 5) is 0. The summed E-state index contributed by atoms with van der Waals surface area (Å²) >= 11 is 4.58. The summed E-state index contributed by atoms with van der Waals surface area (Å²) in [5.74, 6) is 0. The van der Waals surface area contributed by atoms with Crippen molar-refractivity contribution in [1.82, 2.24) is 8.87 Å². The van der Waals surface area contributed by atoms with E-state index in [-0.39, 0.29) is 6.04 Å². The maximum absolute atomic E-state index is 12.7. The van der Waals surface area contributed by atoms with Gasteiger partial charge in [-0.05, 0) is 54.0 Å². The Morgan fingerprint density at radius 1 is 1.25 bits per heavy atom. The Morgan fingerprint density at radius 3 is 2.65 bits per heavy atom. The molecule has 0 fully saturated rings. The first-order valence-electron chi connectivity index (χ1n) is 6.34. The highest BCUT2D eigenvalue weighted by Gasteiger charge is 2.35. The SMILES string of the molecule is Cc1ccc2n1CCN(S(=O)(=O)c1ccc(Br)s1)[C@@H]2C. The Kier molecular flexibility index (Phi) is 3.56. The molecule has 1 aliphatic rings. The number of sulfonamides is 1. The van der Waals surface area contributed by atoms with Crippen molar-refractivity contribution in [2.75, 3.05) is 6.54 Å². The highest BCUT2D eigenvalue weighted by Crippen LogP contribution is 2.35. The van der Waals surface area contributed by atoms with E-state index in [1.165, 1.54) is 17.0 Å². The molecule has 2 aromatic rings. The quantitative estimate of drug-likeness (QED) is 0.808. The number of aryl methyl sites for hydroxylation is 1. The number of nitrogens with zero attached hydrogens (tertiary/aromatic N) is 2. The molecule has 3 heterocycles. The summed E-state index contributed by atoms with van der Waals surface area (Å²) < 4.78 is 30.5. The number of halogens is 1. The number of fused-ring (bicyclic) bond motifs is 1. The molecule has 0 unspecified atom stereocenters. The van der Waals surface area contributed by atoms with Crippen LogP contribution in [0.1, 0.15) is 24.4 Å². The van der Waals surface area contributed by atoms with Crippen molar-refractivity contribution in [2.45, 2.75) is 30.6 Å². The highest BCUT2D eigenvalue weighted by molar-refractivity contribution is 9.11. The zero-order chi connectivity index (χ0) is 14.5. The van der Waals surface area contributed by atoms with Gasteiger partial charge in [0.1, 0.15) is 4.21 Å². The molecule has 0 saturated carbocycles. The average Bonchev–Trinajstić information content (AvgIpc) is 2.98. The van der Waals surface area contributed by atoms with Crippen LogP contribution < -0.4 is 0 Å². The Morgan fingerprint density at radius 2 is 2.00 bits per heavy atom. The molecule has 0 amide bonds. The summed E-state index contributed by atoms with van der Waals surface area (Å²) in [6.07, 6.45) is 0. The average molecular weight is 375 g/mol. The second kappa shape index (κ2) is 4.98. The molecular formula is C13H15BrN2O2S2. The second-order valence-electron chi connectivity index (χ2n) is 4.90. The summed E-state index contributed by atoms with van der Waals surface area (Å²) in [6, 6.07) is 7.37. The van der Waals surface area contributed by atoms with Crippen LogP contribution in [0.15, 0.2) is 32.3 Å². The smallest absolute Gasteiger partial charge is 0.253 e. The van der Waals surface area contributed by atoms with Crippen LogP contribution in [-0.2, 0) is 16.6 Å². The van der Waals surface area contributed by atoms with Gasteiger partial charge in [-0.3, -0.25) is 0 Å². The molecule has 7 heteroatoms. The predicted octanol–water partition coefficient (Wildman–Crippen LogP) is 3.39. The highest BCUT2D eigenvalue weighted by atomic mass is 79.9. The van der Waals surface area contributed by atoms with Crippen LogP contribution in [-0.4, -0.2) is 23.8 Å². The fraction of sp³-hybridized carbons (Fsp3) is 0.385. The lowest BCUT2D eigenvalue weighted by Crippen LogP contribution is -2.40. The molecule has 0 aromatic carbocycles. The first-order valence-corrected chi connectivity index (χ1v) is 9.39. The van der Waals surface area contributed by atoms with E-state index in [0.717, 1.165) is 9.48 Å². The van der Waals surface area contributed by atoms with Crippen molar-refractivity contribution in [3.63, 3.8) is 0 Å².